The molecule has 47 heavy (non-hydrogen) atoms. The fraction of sp³-hybridized carbons (Fsp3) is 0.459. The van der Waals surface area contributed by atoms with Crippen molar-refractivity contribution in [1.29, 1.82) is 0 Å². The van der Waals surface area contributed by atoms with E-state index < -0.39 is 0 Å². The van der Waals surface area contributed by atoms with Crippen molar-refractivity contribution in [3.63, 3.8) is 0 Å². The largest absolute Gasteiger partial charge is 0.473 e. The smallest absolute Gasteiger partial charge is 0.293 e. The monoisotopic (exact) mass is 641 g/mol. The van der Waals surface area contributed by atoms with Gasteiger partial charge in [0.25, 0.3) is 6.47 Å². The number of pyridine rings is 1. The maximum absolute atomic E-state index is 14.9. The van der Waals surface area contributed by atoms with Gasteiger partial charge in [-0.1, -0.05) is 24.3 Å². The Kier molecular flexibility index (Phi) is 8.66. The number of benzene rings is 2. The van der Waals surface area contributed by atoms with E-state index in [0.717, 1.165) is 73.5 Å². The number of carbonyl (C=O) groups excluding carboxylic acids is 1. The van der Waals surface area contributed by atoms with Gasteiger partial charge in [-0.3, -0.25) is 9.69 Å². The van der Waals surface area contributed by atoms with Crippen molar-refractivity contribution < 1.29 is 32.9 Å². The van der Waals surface area contributed by atoms with E-state index in [-0.39, 0.29) is 37.0 Å². The van der Waals surface area contributed by atoms with Gasteiger partial charge in [0.2, 0.25) is 5.88 Å². The van der Waals surface area contributed by atoms with Crippen LogP contribution in [0.15, 0.2) is 54.6 Å². The van der Waals surface area contributed by atoms with Crippen LogP contribution in [0, 0.1) is 11.7 Å². The third-order valence-corrected chi connectivity index (χ3v) is 10.2. The molecule has 4 aliphatic heterocycles. The molecule has 8 rings (SSSR count). The number of ether oxygens (including phenoxy) is 5. The Morgan fingerprint density at radius 1 is 1.00 bits per heavy atom. The summed E-state index contributed by atoms with van der Waals surface area (Å²) < 4.78 is 45.6. The summed E-state index contributed by atoms with van der Waals surface area (Å²) in [4.78, 5) is 18.3. The van der Waals surface area contributed by atoms with Gasteiger partial charge in [0.05, 0.1) is 38.2 Å². The molecule has 3 saturated heterocycles. The minimum absolute atomic E-state index is 0.128. The van der Waals surface area contributed by atoms with Crippen LogP contribution in [0.2, 0.25) is 0 Å². The van der Waals surface area contributed by atoms with E-state index in [1.54, 1.807) is 6.07 Å². The van der Waals surface area contributed by atoms with Crippen LogP contribution in [-0.4, -0.2) is 66.5 Å². The zero-order chi connectivity index (χ0) is 31.7. The Balaban J connectivity index is 0.965. The van der Waals surface area contributed by atoms with Gasteiger partial charge in [-0.25, -0.2) is 9.37 Å². The molecule has 2 unspecified atom stereocenters. The van der Waals surface area contributed by atoms with Crippen LogP contribution in [0.3, 0.4) is 0 Å². The number of rotatable bonds is 11. The number of hydrogen-bond acceptors (Lipinski definition) is 8. The lowest BCUT2D eigenvalue weighted by molar-refractivity contribution is -0.129. The molecule has 3 atom stereocenters. The first-order valence-corrected chi connectivity index (χ1v) is 16.7. The molecule has 10 heteroatoms. The first-order chi connectivity index (χ1) is 23.1. The molecule has 2 aromatic heterocycles. The molecular formula is C37H40FN3O6. The van der Waals surface area contributed by atoms with E-state index in [4.69, 9.17) is 28.7 Å². The second-order valence-electron chi connectivity index (χ2n) is 13.3. The summed E-state index contributed by atoms with van der Waals surface area (Å²) in [5.41, 5.74) is 7.02. The summed E-state index contributed by atoms with van der Waals surface area (Å²) in [6.45, 7) is 7.69. The Morgan fingerprint density at radius 2 is 1.91 bits per heavy atom. The van der Waals surface area contributed by atoms with Crippen LogP contribution in [0.25, 0.3) is 10.9 Å². The van der Waals surface area contributed by atoms with Crippen LogP contribution >= 0.6 is 0 Å². The summed E-state index contributed by atoms with van der Waals surface area (Å²) in [7, 11) is 0. The van der Waals surface area contributed by atoms with E-state index in [1.165, 1.54) is 11.1 Å². The van der Waals surface area contributed by atoms with Crippen LogP contribution in [-0.2, 0) is 56.7 Å². The minimum Gasteiger partial charge on any atom is -0.473 e. The number of likely N-dealkylation sites (tertiary alicyclic amines) is 1. The predicted molar refractivity (Wildman–Crippen MR) is 171 cm³/mol. The number of halogens is 1. The van der Waals surface area contributed by atoms with Gasteiger partial charge in [-0.05, 0) is 65.7 Å². The second-order valence-corrected chi connectivity index (χ2v) is 13.3. The predicted octanol–water partition coefficient (Wildman–Crippen LogP) is 5.47. The first-order valence-electron chi connectivity index (χ1n) is 16.7. The third kappa shape index (κ3) is 6.39. The number of aromatic nitrogens is 2. The lowest BCUT2D eigenvalue weighted by Crippen LogP contribution is -2.41. The Morgan fingerprint density at radius 3 is 2.70 bits per heavy atom. The van der Waals surface area contributed by atoms with Crippen molar-refractivity contribution in [3.8, 4) is 5.88 Å². The fourth-order valence-electron chi connectivity index (χ4n) is 7.41. The third-order valence-electron chi connectivity index (χ3n) is 10.2. The molecule has 3 fully saturated rings. The topological polar surface area (TPSA) is 84.3 Å². The lowest BCUT2D eigenvalue weighted by atomic mass is 9.82. The summed E-state index contributed by atoms with van der Waals surface area (Å²) in [6.07, 6.45) is 2.25. The van der Waals surface area contributed by atoms with E-state index in [9.17, 15) is 9.18 Å². The molecule has 0 aliphatic carbocycles. The lowest BCUT2D eigenvalue weighted by Gasteiger charge is -2.38. The Labute approximate surface area is 273 Å². The standard InChI is InChI=1S/C37H40FN3O6/c38-34-13-25(30-20-44-21-30)3-4-27(34)22-47-36-6-5-28-18-43-19-29-14-40(9-7-33(29)37(28)39-36)15-31-12-26-2-1-24(17-45-23-42)11-35(26)41(31)16-32-8-10-46-32/h1-6,11-13,23,29-30,32-33H,7-10,14-22H2/t29?,32-,33?/m0/s1. The highest BCUT2D eigenvalue weighted by Gasteiger charge is 2.35. The summed E-state index contributed by atoms with van der Waals surface area (Å²) in [6, 6.07) is 17.9. The molecule has 4 aliphatic rings. The van der Waals surface area contributed by atoms with Gasteiger partial charge in [0, 0.05) is 66.8 Å². The quantitative estimate of drug-likeness (QED) is 0.200. The van der Waals surface area contributed by atoms with E-state index >= 15 is 0 Å². The average Bonchev–Trinajstić information content (AvgIpc) is 3.25. The van der Waals surface area contributed by atoms with Crippen LogP contribution in [0.4, 0.5) is 4.39 Å². The minimum atomic E-state index is -0.253. The van der Waals surface area contributed by atoms with Gasteiger partial charge in [0.15, 0.2) is 0 Å². The van der Waals surface area contributed by atoms with Crippen LogP contribution < -0.4 is 4.74 Å². The van der Waals surface area contributed by atoms with Crippen molar-refractivity contribution in [2.24, 2.45) is 5.92 Å². The molecule has 0 radical (unpaired) electrons. The number of fused-ring (bicyclic) bond motifs is 4. The SMILES string of the molecule is O=COCc1ccc2cc(CN3CCC4c5nc(OCc6ccc(C7COC7)cc6F)ccc5COCC4C3)n(C[C@@H]3CCO3)c2c1. The summed E-state index contributed by atoms with van der Waals surface area (Å²) in [5.74, 6) is 1.11. The van der Waals surface area contributed by atoms with Gasteiger partial charge in [-0.2, -0.15) is 0 Å². The van der Waals surface area contributed by atoms with Gasteiger partial charge in [-0.15, -0.1) is 0 Å². The molecule has 4 aromatic rings. The molecule has 0 spiro atoms. The molecule has 0 saturated carbocycles. The van der Waals surface area contributed by atoms with Gasteiger partial charge >= 0.3 is 0 Å². The molecule has 0 bridgehead atoms. The Hall–Kier alpha value is -3.83. The van der Waals surface area contributed by atoms with Crippen LogP contribution in [0.5, 0.6) is 5.88 Å². The van der Waals surface area contributed by atoms with Crippen LogP contribution in [0.1, 0.15) is 58.3 Å². The van der Waals surface area contributed by atoms with Crippen molar-refractivity contribution in [2.75, 3.05) is 39.5 Å². The fourth-order valence-corrected chi connectivity index (χ4v) is 7.41. The van der Waals surface area contributed by atoms with Crippen molar-refractivity contribution in [3.05, 3.63) is 94.1 Å². The maximum Gasteiger partial charge on any atom is 0.293 e. The highest BCUT2D eigenvalue weighted by molar-refractivity contribution is 5.82. The first kappa shape index (κ1) is 30.5. The van der Waals surface area contributed by atoms with Crippen molar-refractivity contribution >= 4 is 17.4 Å². The van der Waals surface area contributed by atoms with Crippen molar-refractivity contribution in [2.45, 2.75) is 63.7 Å². The molecule has 0 amide bonds. The molecule has 6 heterocycles. The molecule has 9 nitrogen and oxygen atoms in total. The zero-order valence-corrected chi connectivity index (χ0v) is 26.4. The highest BCUT2D eigenvalue weighted by Crippen LogP contribution is 2.38. The maximum atomic E-state index is 14.9. The Bertz CT molecular complexity index is 1750. The van der Waals surface area contributed by atoms with E-state index in [0.29, 0.717) is 50.3 Å². The average molecular weight is 642 g/mol. The summed E-state index contributed by atoms with van der Waals surface area (Å²) in [5, 5.41) is 1.18. The second kappa shape index (κ2) is 13.4. The normalized spacial score (nSPS) is 22.9. The highest BCUT2D eigenvalue weighted by atomic mass is 19.1. The molecular weight excluding hydrogens is 601 g/mol. The number of carbonyl (C=O) groups is 1. The van der Waals surface area contributed by atoms with E-state index in [2.05, 4.69) is 33.7 Å². The molecule has 2 aromatic carbocycles. The zero-order valence-electron chi connectivity index (χ0n) is 26.4. The number of piperidine rings is 1. The molecule has 0 N–H and O–H groups in total. The van der Waals surface area contributed by atoms with E-state index in [1.807, 2.05) is 24.3 Å². The van der Waals surface area contributed by atoms with Gasteiger partial charge < -0.3 is 28.3 Å². The van der Waals surface area contributed by atoms with Crippen molar-refractivity contribution in [1.82, 2.24) is 14.5 Å². The number of hydrogen-bond donors (Lipinski definition) is 0. The molecule has 246 valence electrons. The number of nitrogens with zero attached hydrogens (tertiary/aromatic N) is 3. The van der Waals surface area contributed by atoms with Gasteiger partial charge in [0.1, 0.15) is 19.0 Å². The summed E-state index contributed by atoms with van der Waals surface area (Å²) >= 11 is 0.